The summed E-state index contributed by atoms with van der Waals surface area (Å²) in [6.07, 6.45) is 13.9. The van der Waals surface area contributed by atoms with E-state index < -0.39 is 0 Å². The largest absolute Gasteiger partial charge is 0.269 e. The molecule has 0 spiro atoms. The minimum absolute atomic E-state index is 0.848. The number of aliphatic imine (C=N–C) groups is 1. The highest BCUT2D eigenvalue weighted by Gasteiger charge is 2.18. The Bertz CT molecular complexity index is 267. The van der Waals surface area contributed by atoms with Crippen LogP contribution in [0.1, 0.15) is 58.8 Å². The molecular weight excluding hydrogens is 194 g/mol. The fraction of sp³-hybridized carbons (Fsp3) is 0.667. The molecule has 0 radical (unpaired) electrons. The number of hydrogen-bond acceptors (Lipinski definition) is 1. The monoisotopic (exact) mass is 219 g/mol. The van der Waals surface area contributed by atoms with E-state index in [4.69, 9.17) is 0 Å². The van der Waals surface area contributed by atoms with Crippen molar-refractivity contribution in [3.63, 3.8) is 0 Å². The quantitative estimate of drug-likeness (QED) is 0.445. The fourth-order valence-corrected chi connectivity index (χ4v) is 2.38. The number of nitrogens with zero attached hydrogens (tertiary/aromatic N) is 1. The van der Waals surface area contributed by atoms with Crippen LogP contribution in [0.2, 0.25) is 0 Å². The second kappa shape index (κ2) is 7.43. The summed E-state index contributed by atoms with van der Waals surface area (Å²) in [5.74, 6) is 0.848. The number of allylic oxidation sites excluding steroid dienone is 4. The van der Waals surface area contributed by atoms with Crippen molar-refractivity contribution in [2.75, 3.05) is 0 Å². The summed E-state index contributed by atoms with van der Waals surface area (Å²) in [5.41, 5.74) is 2.66. The van der Waals surface area contributed by atoms with Crippen molar-refractivity contribution >= 4 is 6.72 Å². The SMILES string of the molecule is C=N/C(C)=C\C=C(/CCCC)C1CCCC1. The Labute approximate surface area is 100 Å². The van der Waals surface area contributed by atoms with Crippen LogP contribution in [0.15, 0.2) is 28.4 Å². The summed E-state index contributed by atoms with van der Waals surface area (Å²) in [6.45, 7) is 7.82. The first-order valence-electron chi connectivity index (χ1n) is 6.62. The molecule has 1 aliphatic carbocycles. The van der Waals surface area contributed by atoms with E-state index in [0.717, 1.165) is 11.6 Å². The minimum Gasteiger partial charge on any atom is -0.269 e. The molecular formula is C15H25N. The van der Waals surface area contributed by atoms with E-state index in [1.54, 1.807) is 5.57 Å². The Morgan fingerprint density at radius 3 is 2.56 bits per heavy atom. The predicted octanol–water partition coefficient (Wildman–Crippen LogP) is 4.90. The van der Waals surface area contributed by atoms with E-state index in [0.29, 0.717) is 0 Å². The molecule has 1 nitrogen and oxygen atoms in total. The summed E-state index contributed by atoms with van der Waals surface area (Å²) >= 11 is 0. The first-order valence-corrected chi connectivity index (χ1v) is 6.62. The van der Waals surface area contributed by atoms with Crippen LogP contribution in [0.3, 0.4) is 0 Å². The molecule has 0 aromatic rings. The Kier molecular flexibility index (Phi) is 6.14. The molecule has 90 valence electrons. The average Bonchev–Trinajstić information content (AvgIpc) is 2.82. The third kappa shape index (κ3) is 4.34. The molecule has 1 aliphatic rings. The Morgan fingerprint density at radius 1 is 1.31 bits per heavy atom. The van der Waals surface area contributed by atoms with Gasteiger partial charge in [-0.1, -0.05) is 37.8 Å². The minimum atomic E-state index is 0.848. The zero-order chi connectivity index (χ0) is 11.8. The predicted molar refractivity (Wildman–Crippen MR) is 72.9 cm³/mol. The van der Waals surface area contributed by atoms with E-state index >= 15 is 0 Å². The normalized spacial score (nSPS) is 19.1. The lowest BCUT2D eigenvalue weighted by molar-refractivity contribution is 0.595. The van der Waals surface area contributed by atoms with E-state index in [1.165, 1.54) is 44.9 Å². The molecule has 0 heterocycles. The van der Waals surface area contributed by atoms with Crippen LogP contribution in [0.5, 0.6) is 0 Å². The molecule has 0 unspecified atom stereocenters. The lowest BCUT2D eigenvalue weighted by atomic mass is 9.92. The van der Waals surface area contributed by atoms with Gasteiger partial charge >= 0.3 is 0 Å². The van der Waals surface area contributed by atoms with Crippen molar-refractivity contribution in [3.05, 3.63) is 23.4 Å². The lowest BCUT2D eigenvalue weighted by Crippen LogP contribution is -1.98. The summed E-state index contributed by atoms with van der Waals surface area (Å²) in [7, 11) is 0. The third-order valence-electron chi connectivity index (χ3n) is 3.49. The van der Waals surface area contributed by atoms with Gasteiger partial charge in [-0.05, 0) is 51.3 Å². The molecule has 0 aromatic carbocycles. The van der Waals surface area contributed by atoms with Crippen molar-refractivity contribution in [2.24, 2.45) is 10.9 Å². The van der Waals surface area contributed by atoms with Gasteiger partial charge in [0.1, 0.15) is 0 Å². The number of unbranched alkanes of at least 4 members (excludes halogenated alkanes) is 1. The second-order valence-corrected chi connectivity index (χ2v) is 4.79. The molecule has 0 aromatic heterocycles. The highest BCUT2D eigenvalue weighted by Crippen LogP contribution is 2.33. The first kappa shape index (κ1) is 13.2. The van der Waals surface area contributed by atoms with Crippen LogP contribution in [0, 0.1) is 5.92 Å². The standard InChI is InChI=1S/C15H25N/c1-4-5-8-15(12-11-13(2)16-3)14-9-6-7-10-14/h11-12,14H,3-10H2,1-2H3/b13-11-,15-12+. The fourth-order valence-electron chi connectivity index (χ4n) is 2.38. The number of rotatable bonds is 6. The van der Waals surface area contributed by atoms with Gasteiger partial charge in [-0.15, -0.1) is 0 Å². The van der Waals surface area contributed by atoms with Gasteiger partial charge in [0, 0.05) is 5.70 Å². The molecule has 0 atom stereocenters. The summed E-state index contributed by atoms with van der Waals surface area (Å²) < 4.78 is 0. The van der Waals surface area contributed by atoms with Crippen LogP contribution in [0.4, 0.5) is 0 Å². The maximum Gasteiger partial charge on any atom is 0.0365 e. The van der Waals surface area contributed by atoms with Gasteiger partial charge in [0.2, 0.25) is 0 Å². The second-order valence-electron chi connectivity index (χ2n) is 4.79. The van der Waals surface area contributed by atoms with Gasteiger partial charge in [-0.25, -0.2) is 0 Å². The Hall–Kier alpha value is -0.850. The first-order chi connectivity index (χ1) is 7.77. The molecule has 0 saturated heterocycles. The van der Waals surface area contributed by atoms with Gasteiger partial charge in [0.25, 0.3) is 0 Å². The van der Waals surface area contributed by atoms with Crippen LogP contribution >= 0.6 is 0 Å². The molecule has 0 N–H and O–H groups in total. The lowest BCUT2D eigenvalue weighted by Gasteiger charge is -2.13. The van der Waals surface area contributed by atoms with Gasteiger partial charge < -0.3 is 0 Å². The zero-order valence-corrected chi connectivity index (χ0v) is 10.8. The molecule has 1 rings (SSSR count). The van der Waals surface area contributed by atoms with Gasteiger partial charge in [-0.2, -0.15) is 0 Å². The van der Waals surface area contributed by atoms with Gasteiger partial charge in [0.05, 0.1) is 0 Å². The highest BCUT2D eigenvalue weighted by molar-refractivity contribution is 5.30. The molecule has 0 amide bonds. The molecule has 1 fully saturated rings. The van der Waals surface area contributed by atoms with Gasteiger partial charge in [-0.3, -0.25) is 4.99 Å². The highest BCUT2D eigenvalue weighted by atomic mass is 14.7. The van der Waals surface area contributed by atoms with Crippen LogP contribution in [-0.4, -0.2) is 6.72 Å². The van der Waals surface area contributed by atoms with E-state index in [9.17, 15) is 0 Å². The van der Waals surface area contributed by atoms with Crippen LogP contribution in [0.25, 0.3) is 0 Å². The molecule has 1 heteroatoms. The summed E-state index contributed by atoms with van der Waals surface area (Å²) in [5, 5.41) is 0. The maximum atomic E-state index is 3.93. The van der Waals surface area contributed by atoms with Crippen molar-refractivity contribution in [1.29, 1.82) is 0 Å². The molecule has 0 aliphatic heterocycles. The molecule has 1 saturated carbocycles. The Balaban J connectivity index is 2.64. The van der Waals surface area contributed by atoms with E-state index in [2.05, 4.69) is 30.8 Å². The average molecular weight is 219 g/mol. The van der Waals surface area contributed by atoms with E-state index in [1.807, 2.05) is 6.92 Å². The van der Waals surface area contributed by atoms with E-state index in [-0.39, 0.29) is 0 Å². The van der Waals surface area contributed by atoms with Crippen LogP contribution in [-0.2, 0) is 0 Å². The topological polar surface area (TPSA) is 12.4 Å². The maximum absolute atomic E-state index is 3.93. The van der Waals surface area contributed by atoms with Crippen molar-refractivity contribution < 1.29 is 0 Å². The van der Waals surface area contributed by atoms with Crippen molar-refractivity contribution in [3.8, 4) is 0 Å². The Morgan fingerprint density at radius 2 is 2.00 bits per heavy atom. The van der Waals surface area contributed by atoms with Crippen molar-refractivity contribution in [1.82, 2.24) is 0 Å². The zero-order valence-electron chi connectivity index (χ0n) is 10.8. The summed E-state index contributed by atoms with van der Waals surface area (Å²) in [6, 6.07) is 0. The summed E-state index contributed by atoms with van der Waals surface area (Å²) in [4.78, 5) is 3.93. The number of hydrogen-bond donors (Lipinski definition) is 0. The molecule has 0 bridgehead atoms. The van der Waals surface area contributed by atoms with Gasteiger partial charge in [0.15, 0.2) is 0 Å². The third-order valence-corrected chi connectivity index (χ3v) is 3.49. The smallest absolute Gasteiger partial charge is 0.0365 e. The van der Waals surface area contributed by atoms with Crippen molar-refractivity contribution in [2.45, 2.75) is 58.8 Å². The van der Waals surface area contributed by atoms with Crippen LogP contribution < -0.4 is 0 Å². The molecule has 16 heavy (non-hydrogen) atoms.